The van der Waals surface area contributed by atoms with Gasteiger partial charge in [0.1, 0.15) is 5.78 Å². The van der Waals surface area contributed by atoms with Gasteiger partial charge in [0.2, 0.25) is 0 Å². The molecule has 1 aliphatic carbocycles. The normalized spacial score (nSPS) is 21.5. The predicted molar refractivity (Wildman–Crippen MR) is 89.4 cm³/mol. The van der Waals surface area contributed by atoms with E-state index < -0.39 is 0 Å². The van der Waals surface area contributed by atoms with Crippen molar-refractivity contribution in [3.63, 3.8) is 0 Å². The number of nitrogens with zero attached hydrogens (tertiary/aromatic N) is 2. The second-order valence-corrected chi connectivity index (χ2v) is 7.60. The van der Waals surface area contributed by atoms with E-state index in [0.717, 1.165) is 41.7 Å². The maximum absolute atomic E-state index is 12.8. The highest BCUT2D eigenvalue weighted by Gasteiger charge is 2.37. The number of Topliss-reactive ketones (excluding diaryl/α,β-unsaturated/α-hetero) is 1. The summed E-state index contributed by atoms with van der Waals surface area (Å²) in [7, 11) is 0. The van der Waals surface area contributed by atoms with Crippen LogP contribution in [0.5, 0.6) is 0 Å². The van der Waals surface area contributed by atoms with Crippen molar-refractivity contribution < 1.29 is 4.79 Å². The van der Waals surface area contributed by atoms with E-state index in [9.17, 15) is 4.79 Å². The van der Waals surface area contributed by atoms with Crippen molar-refractivity contribution in [2.24, 2.45) is 11.3 Å². The Bertz CT molecular complexity index is 519. The highest BCUT2D eigenvalue weighted by molar-refractivity contribution is 9.10. The molecule has 3 nitrogen and oxygen atoms in total. The zero-order valence-electron chi connectivity index (χ0n) is 13.7. The molecule has 1 saturated carbocycles. The van der Waals surface area contributed by atoms with Gasteiger partial charge in [0.25, 0.3) is 0 Å². The van der Waals surface area contributed by atoms with Crippen molar-refractivity contribution >= 4 is 21.7 Å². The second kappa shape index (κ2) is 6.64. The van der Waals surface area contributed by atoms with Gasteiger partial charge in [-0.05, 0) is 47.5 Å². The number of hydrogen-bond donors (Lipinski definition) is 0. The molecule has 1 fully saturated rings. The minimum absolute atomic E-state index is 0.145. The average Bonchev–Trinajstić information content (AvgIpc) is 2.74. The van der Waals surface area contributed by atoms with Crippen LogP contribution >= 0.6 is 15.9 Å². The first-order valence-corrected chi connectivity index (χ1v) is 8.96. The first kappa shape index (κ1) is 16.7. The molecule has 4 heteroatoms. The lowest BCUT2D eigenvalue weighted by atomic mass is 9.66. The quantitative estimate of drug-likeness (QED) is 0.776. The van der Waals surface area contributed by atoms with Gasteiger partial charge in [-0.1, -0.05) is 33.6 Å². The molecule has 118 valence electrons. The molecule has 0 saturated heterocycles. The van der Waals surface area contributed by atoms with Crippen molar-refractivity contribution in [2.45, 2.75) is 72.8 Å². The summed E-state index contributed by atoms with van der Waals surface area (Å²) >= 11 is 3.65. The monoisotopic (exact) mass is 354 g/mol. The Morgan fingerprint density at radius 1 is 1.38 bits per heavy atom. The van der Waals surface area contributed by atoms with Crippen LogP contribution in [0.3, 0.4) is 0 Å². The van der Waals surface area contributed by atoms with Gasteiger partial charge < -0.3 is 0 Å². The molecule has 1 heterocycles. The van der Waals surface area contributed by atoms with Crippen LogP contribution in [-0.4, -0.2) is 15.6 Å². The topological polar surface area (TPSA) is 34.9 Å². The number of hydrogen-bond acceptors (Lipinski definition) is 2. The van der Waals surface area contributed by atoms with Gasteiger partial charge >= 0.3 is 0 Å². The minimum atomic E-state index is 0.145. The SMILES string of the molecule is CCc1nn(CC)c(CC(=O)C2CCCCC2(C)C)c1Br. The molecule has 1 atom stereocenters. The summed E-state index contributed by atoms with van der Waals surface area (Å²) in [5, 5.41) is 4.60. The first-order chi connectivity index (χ1) is 9.90. The molecule has 21 heavy (non-hydrogen) atoms. The third-order valence-corrected chi connectivity index (χ3v) is 5.85. The zero-order chi connectivity index (χ0) is 15.6. The van der Waals surface area contributed by atoms with Crippen molar-refractivity contribution in [3.8, 4) is 0 Å². The summed E-state index contributed by atoms with van der Waals surface area (Å²) in [6.07, 6.45) is 6.06. The van der Waals surface area contributed by atoms with E-state index in [1.165, 1.54) is 12.8 Å². The van der Waals surface area contributed by atoms with E-state index in [-0.39, 0.29) is 11.3 Å². The molecule has 0 amide bonds. The van der Waals surface area contributed by atoms with E-state index in [2.05, 4.69) is 48.7 Å². The van der Waals surface area contributed by atoms with E-state index in [4.69, 9.17) is 0 Å². The van der Waals surface area contributed by atoms with Gasteiger partial charge in [0.05, 0.1) is 15.9 Å². The van der Waals surface area contributed by atoms with Crippen LogP contribution in [-0.2, 0) is 24.2 Å². The second-order valence-electron chi connectivity index (χ2n) is 6.81. The molecule has 0 radical (unpaired) electrons. The third kappa shape index (κ3) is 3.41. The van der Waals surface area contributed by atoms with Gasteiger partial charge in [-0.15, -0.1) is 0 Å². The Hall–Kier alpha value is -0.640. The maximum Gasteiger partial charge on any atom is 0.142 e. The van der Waals surface area contributed by atoms with Crippen LogP contribution < -0.4 is 0 Å². The van der Waals surface area contributed by atoms with Crippen LogP contribution in [0.25, 0.3) is 0 Å². The average molecular weight is 355 g/mol. The summed E-state index contributed by atoms with van der Waals surface area (Å²) in [4.78, 5) is 12.8. The number of carbonyl (C=O) groups excluding carboxylic acids is 1. The molecule has 1 unspecified atom stereocenters. The molecule has 1 aliphatic rings. The maximum atomic E-state index is 12.8. The Balaban J connectivity index is 2.21. The number of rotatable bonds is 5. The van der Waals surface area contributed by atoms with Crippen LogP contribution in [0.15, 0.2) is 4.47 Å². The molecule has 0 N–H and O–H groups in total. The third-order valence-electron chi connectivity index (χ3n) is 4.93. The Labute approximate surface area is 136 Å². The Morgan fingerprint density at radius 3 is 2.67 bits per heavy atom. The summed E-state index contributed by atoms with van der Waals surface area (Å²) < 4.78 is 3.02. The van der Waals surface area contributed by atoms with E-state index in [1.807, 2.05) is 4.68 Å². The van der Waals surface area contributed by atoms with Crippen LogP contribution in [0.2, 0.25) is 0 Å². The van der Waals surface area contributed by atoms with Gasteiger partial charge in [-0.3, -0.25) is 9.48 Å². The molecule has 1 aromatic rings. The molecule has 0 bridgehead atoms. The number of ketones is 1. The van der Waals surface area contributed by atoms with E-state index in [0.29, 0.717) is 12.2 Å². The van der Waals surface area contributed by atoms with E-state index >= 15 is 0 Å². The van der Waals surface area contributed by atoms with Crippen molar-refractivity contribution in [1.82, 2.24) is 9.78 Å². The van der Waals surface area contributed by atoms with Crippen molar-refractivity contribution in [3.05, 3.63) is 15.9 Å². The summed E-state index contributed by atoms with van der Waals surface area (Å²) in [5.41, 5.74) is 2.26. The van der Waals surface area contributed by atoms with Gasteiger partial charge in [0.15, 0.2) is 0 Å². The lowest BCUT2D eigenvalue weighted by Gasteiger charge is -2.37. The molecule has 0 aromatic carbocycles. The molecule has 0 spiro atoms. The predicted octanol–water partition coefficient (Wildman–Crippen LogP) is 4.56. The van der Waals surface area contributed by atoms with Crippen LogP contribution in [0, 0.1) is 11.3 Å². The fourth-order valence-electron chi connectivity index (χ4n) is 3.57. The van der Waals surface area contributed by atoms with E-state index in [1.54, 1.807) is 0 Å². The molecular weight excluding hydrogens is 328 g/mol. The lowest BCUT2D eigenvalue weighted by Crippen LogP contribution is -2.35. The van der Waals surface area contributed by atoms with Crippen LogP contribution in [0.4, 0.5) is 0 Å². The number of aryl methyl sites for hydroxylation is 2. The minimum Gasteiger partial charge on any atom is -0.299 e. The fraction of sp³-hybridized carbons (Fsp3) is 0.765. The highest BCUT2D eigenvalue weighted by Crippen LogP contribution is 2.41. The molecular formula is C17H27BrN2O. The fourth-order valence-corrected chi connectivity index (χ4v) is 4.27. The van der Waals surface area contributed by atoms with Crippen molar-refractivity contribution in [1.29, 1.82) is 0 Å². The summed E-state index contributed by atoms with van der Waals surface area (Å²) in [6.45, 7) is 9.49. The molecule has 1 aromatic heterocycles. The smallest absolute Gasteiger partial charge is 0.142 e. The standard InChI is InChI=1S/C17H27BrN2O/c1-5-13-16(18)14(20(6-2)19-13)11-15(21)12-9-7-8-10-17(12,3)4/h12H,5-11H2,1-4H3. The first-order valence-electron chi connectivity index (χ1n) is 8.17. The molecule has 0 aliphatic heterocycles. The number of halogens is 1. The molecule has 2 rings (SSSR count). The zero-order valence-corrected chi connectivity index (χ0v) is 15.3. The summed E-state index contributed by atoms with van der Waals surface area (Å²) in [5.74, 6) is 0.584. The van der Waals surface area contributed by atoms with Gasteiger partial charge in [-0.2, -0.15) is 5.10 Å². The van der Waals surface area contributed by atoms with Crippen LogP contribution in [0.1, 0.15) is 64.8 Å². The Morgan fingerprint density at radius 2 is 2.10 bits per heavy atom. The highest BCUT2D eigenvalue weighted by atomic mass is 79.9. The van der Waals surface area contributed by atoms with Crippen molar-refractivity contribution in [2.75, 3.05) is 0 Å². The number of carbonyl (C=O) groups is 1. The summed E-state index contributed by atoms with van der Waals surface area (Å²) in [6, 6.07) is 0. The number of aromatic nitrogens is 2. The largest absolute Gasteiger partial charge is 0.299 e. The lowest BCUT2D eigenvalue weighted by molar-refractivity contribution is -0.127. The van der Waals surface area contributed by atoms with Gasteiger partial charge in [0, 0.05) is 18.9 Å². The van der Waals surface area contributed by atoms with Gasteiger partial charge in [-0.25, -0.2) is 0 Å². The Kier molecular flexibility index (Phi) is 5.29.